The molecule has 0 aromatic carbocycles. The van der Waals surface area contributed by atoms with Crippen molar-refractivity contribution in [2.75, 3.05) is 0 Å². The maximum Gasteiger partial charge on any atom is 0.433 e. The van der Waals surface area contributed by atoms with Crippen molar-refractivity contribution in [3.05, 3.63) is 35.8 Å². The van der Waals surface area contributed by atoms with E-state index >= 15 is 0 Å². The van der Waals surface area contributed by atoms with Gasteiger partial charge in [-0.25, -0.2) is 4.98 Å². The first kappa shape index (κ1) is 9.97. The standard InChI is InChI=1S/C9H7F3N2O/c10-9(11,12)8-6(5-15)13-7-3-1-2-4-14(7)8/h1-4,15H,5H2. The van der Waals surface area contributed by atoms with Gasteiger partial charge in [0.25, 0.3) is 0 Å². The minimum atomic E-state index is -4.52. The number of nitrogens with zero attached hydrogens (tertiary/aromatic N) is 2. The Morgan fingerprint density at radius 1 is 1.33 bits per heavy atom. The van der Waals surface area contributed by atoms with E-state index in [9.17, 15) is 13.2 Å². The first-order valence-corrected chi connectivity index (χ1v) is 4.18. The predicted molar refractivity (Wildman–Crippen MR) is 46.1 cm³/mol. The summed E-state index contributed by atoms with van der Waals surface area (Å²) in [5, 5.41) is 8.81. The third-order valence-corrected chi connectivity index (χ3v) is 2.02. The Balaban J connectivity index is 2.79. The van der Waals surface area contributed by atoms with Crippen LogP contribution in [-0.2, 0) is 12.8 Å². The maximum absolute atomic E-state index is 12.6. The summed E-state index contributed by atoms with van der Waals surface area (Å²) in [6.07, 6.45) is -3.25. The molecule has 0 saturated heterocycles. The summed E-state index contributed by atoms with van der Waals surface area (Å²) in [4.78, 5) is 3.69. The third-order valence-electron chi connectivity index (χ3n) is 2.02. The number of pyridine rings is 1. The number of aliphatic hydroxyl groups is 1. The average molecular weight is 216 g/mol. The fourth-order valence-electron chi connectivity index (χ4n) is 1.45. The zero-order valence-corrected chi connectivity index (χ0v) is 7.49. The quantitative estimate of drug-likeness (QED) is 0.789. The zero-order valence-electron chi connectivity index (χ0n) is 7.49. The largest absolute Gasteiger partial charge is 0.433 e. The van der Waals surface area contributed by atoms with Crippen molar-refractivity contribution in [2.45, 2.75) is 12.8 Å². The van der Waals surface area contributed by atoms with E-state index in [1.165, 1.54) is 18.3 Å². The van der Waals surface area contributed by atoms with Gasteiger partial charge in [0.2, 0.25) is 0 Å². The third kappa shape index (κ3) is 1.56. The second-order valence-electron chi connectivity index (χ2n) is 2.99. The monoisotopic (exact) mass is 216 g/mol. The molecule has 0 bridgehead atoms. The molecule has 0 spiro atoms. The first-order valence-electron chi connectivity index (χ1n) is 4.18. The molecule has 0 unspecified atom stereocenters. The smallest absolute Gasteiger partial charge is 0.390 e. The Kier molecular flexibility index (Phi) is 2.15. The van der Waals surface area contributed by atoms with Gasteiger partial charge in [-0.2, -0.15) is 13.2 Å². The molecule has 0 aliphatic rings. The summed E-state index contributed by atoms with van der Waals surface area (Å²) < 4.78 is 38.8. The molecule has 2 heterocycles. The van der Waals surface area contributed by atoms with Crippen molar-refractivity contribution < 1.29 is 18.3 Å². The van der Waals surface area contributed by atoms with Crippen molar-refractivity contribution in [1.82, 2.24) is 9.38 Å². The lowest BCUT2D eigenvalue weighted by Crippen LogP contribution is -2.11. The lowest BCUT2D eigenvalue weighted by atomic mass is 10.3. The Morgan fingerprint density at radius 2 is 2.07 bits per heavy atom. The van der Waals surface area contributed by atoms with Gasteiger partial charge >= 0.3 is 6.18 Å². The molecule has 2 rings (SSSR count). The minimum Gasteiger partial charge on any atom is -0.390 e. The highest BCUT2D eigenvalue weighted by Gasteiger charge is 2.37. The Bertz CT molecular complexity index is 490. The molecule has 0 radical (unpaired) electrons. The Hall–Kier alpha value is -1.56. The number of aromatic nitrogens is 2. The van der Waals surface area contributed by atoms with Crippen LogP contribution in [0.1, 0.15) is 11.4 Å². The highest BCUT2D eigenvalue weighted by Crippen LogP contribution is 2.32. The molecule has 0 aliphatic heterocycles. The van der Waals surface area contributed by atoms with E-state index in [1.807, 2.05) is 0 Å². The maximum atomic E-state index is 12.6. The van der Waals surface area contributed by atoms with E-state index in [1.54, 1.807) is 6.07 Å². The van der Waals surface area contributed by atoms with Crippen molar-refractivity contribution in [3.63, 3.8) is 0 Å². The highest BCUT2D eigenvalue weighted by molar-refractivity contribution is 5.43. The summed E-state index contributed by atoms with van der Waals surface area (Å²) >= 11 is 0. The number of fused-ring (bicyclic) bond motifs is 1. The first-order chi connectivity index (χ1) is 7.04. The number of halogens is 3. The zero-order chi connectivity index (χ0) is 11.1. The van der Waals surface area contributed by atoms with Gasteiger partial charge < -0.3 is 5.11 Å². The molecule has 0 atom stereocenters. The van der Waals surface area contributed by atoms with Crippen LogP contribution in [0.2, 0.25) is 0 Å². The van der Waals surface area contributed by atoms with Crippen LogP contribution in [0.15, 0.2) is 24.4 Å². The molecule has 3 nitrogen and oxygen atoms in total. The van der Waals surface area contributed by atoms with Crippen molar-refractivity contribution in [2.24, 2.45) is 0 Å². The van der Waals surface area contributed by atoms with Crippen LogP contribution in [0.3, 0.4) is 0 Å². The molecule has 6 heteroatoms. The summed E-state index contributed by atoms with van der Waals surface area (Å²) in [6.45, 7) is -0.726. The van der Waals surface area contributed by atoms with Gasteiger partial charge in [0.05, 0.1) is 12.3 Å². The predicted octanol–water partition coefficient (Wildman–Crippen LogP) is 1.85. The fraction of sp³-hybridized carbons (Fsp3) is 0.222. The van der Waals surface area contributed by atoms with E-state index in [0.29, 0.717) is 0 Å². The molecule has 0 fully saturated rings. The van der Waals surface area contributed by atoms with Crippen LogP contribution in [0.5, 0.6) is 0 Å². The van der Waals surface area contributed by atoms with E-state index in [-0.39, 0.29) is 11.3 Å². The Labute approximate surface area is 82.8 Å². The number of hydrogen-bond donors (Lipinski definition) is 1. The van der Waals surface area contributed by atoms with E-state index in [0.717, 1.165) is 4.40 Å². The number of aliphatic hydroxyl groups excluding tert-OH is 1. The van der Waals surface area contributed by atoms with Crippen LogP contribution < -0.4 is 0 Å². The van der Waals surface area contributed by atoms with Gasteiger partial charge in [0, 0.05) is 6.20 Å². The van der Waals surface area contributed by atoms with E-state index in [2.05, 4.69) is 4.98 Å². The molecule has 0 amide bonds. The molecule has 2 aromatic rings. The molecule has 80 valence electrons. The molecule has 2 aromatic heterocycles. The second-order valence-corrected chi connectivity index (χ2v) is 2.99. The number of rotatable bonds is 1. The molecular weight excluding hydrogens is 209 g/mol. The van der Waals surface area contributed by atoms with Crippen molar-refractivity contribution >= 4 is 5.65 Å². The lowest BCUT2D eigenvalue weighted by Gasteiger charge is -2.07. The molecular formula is C9H7F3N2O. The number of hydrogen-bond acceptors (Lipinski definition) is 2. The molecule has 1 N–H and O–H groups in total. The topological polar surface area (TPSA) is 37.5 Å². The van der Waals surface area contributed by atoms with E-state index in [4.69, 9.17) is 5.11 Å². The van der Waals surface area contributed by atoms with E-state index < -0.39 is 18.5 Å². The molecule has 0 aliphatic carbocycles. The van der Waals surface area contributed by atoms with Crippen LogP contribution in [0.4, 0.5) is 13.2 Å². The average Bonchev–Trinajstić information content (AvgIpc) is 2.54. The summed E-state index contributed by atoms with van der Waals surface area (Å²) in [5.74, 6) is 0. The van der Waals surface area contributed by atoms with Gasteiger partial charge in [-0.15, -0.1) is 0 Å². The van der Waals surface area contributed by atoms with Crippen LogP contribution >= 0.6 is 0 Å². The van der Waals surface area contributed by atoms with Gasteiger partial charge in [-0.1, -0.05) is 6.07 Å². The van der Waals surface area contributed by atoms with Gasteiger partial charge in [-0.3, -0.25) is 4.40 Å². The molecule has 15 heavy (non-hydrogen) atoms. The minimum absolute atomic E-state index is 0.175. The lowest BCUT2D eigenvalue weighted by molar-refractivity contribution is -0.142. The highest BCUT2D eigenvalue weighted by atomic mass is 19.4. The van der Waals surface area contributed by atoms with Crippen LogP contribution in [-0.4, -0.2) is 14.5 Å². The number of alkyl halides is 3. The SMILES string of the molecule is OCc1nc2ccccn2c1C(F)(F)F. The van der Waals surface area contributed by atoms with Crippen molar-refractivity contribution in [3.8, 4) is 0 Å². The Morgan fingerprint density at radius 3 is 2.67 bits per heavy atom. The van der Waals surface area contributed by atoms with Crippen LogP contribution in [0, 0.1) is 0 Å². The van der Waals surface area contributed by atoms with Gasteiger partial charge in [-0.05, 0) is 12.1 Å². The van der Waals surface area contributed by atoms with Crippen molar-refractivity contribution in [1.29, 1.82) is 0 Å². The summed E-state index contributed by atoms with van der Waals surface area (Å²) in [5.41, 5.74) is -1.09. The fourth-order valence-corrected chi connectivity index (χ4v) is 1.45. The number of imidazole rings is 1. The van der Waals surface area contributed by atoms with Gasteiger partial charge in [0.1, 0.15) is 5.65 Å². The summed E-state index contributed by atoms with van der Waals surface area (Å²) in [6, 6.07) is 4.52. The van der Waals surface area contributed by atoms with Crippen LogP contribution in [0.25, 0.3) is 5.65 Å². The normalized spacial score (nSPS) is 12.3. The van der Waals surface area contributed by atoms with Gasteiger partial charge in [0.15, 0.2) is 5.69 Å². The second kappa shape index (κ2) is 3.23. The molecule has 0 saturated carbocycles. The summed E-state index contributed by atoms with van der Waals surface area (Å²) in [7, 11) is 0.